The fraction of sp³-hybridized carbons (Fsp3) is 0.381. The normalized spacial score (nSPS) is 20.8. The van der Waals surface area contributed by atoms with E-state index in [1.807, 2.05) is 24.3 Å². The van der Waals surface area contributed by atoms with E-state index in [0.29, 0.717) is 18.4 Å². The third-order valence-electron chi connectivity index (χ3n) is 5.12. The molecule has 1 aliphatic rings. The quantitative estimate of drug-likeness (QED) is 0.587. The Labute approximate surface area is 165 Å². The van der Waals surface area contributed by atoms with Crippen LogP contribution in [0.15, 0.2) is 53.5 Å². The number of rotatable bonds is 6. The van der Waals surface area contributed by atoms with Gasteiger partial charge in [0.2, 0.25) is 0 Å². The molecule has 2 unspecified atom stereocenters. The molecule has 2 aromatic rings. The lowest BCUT2D eigenvalue weighted by Gasteiger charge is -2.25. The maximum absolute atomic E-state index is 13.9. The van der Waals surface area contributed by atoms with Crippen molar-refractivity contribution in [3.8, 4) is 0 Å². The zero-order chi connectivity index (χ0) is 19.2. The molecule has 1 heterocycles. The molecule has 0 spiro atoms. The van der Waals surface area contributed by atoms with Crippen LogP contribution in [0.5, 0.6) is 0 Å². The van der Waals surface area contributed by atoms with Gasteiger partial charge < -0.3 is 11.1 Å². The summed E-state index contributed by atoms with van der Waals surface area (Å²) in [5.41, 5.74) is 8.23. The number of nitrogens with two attached hydrogens (primary N) is 1. The molecule has 1 aliphatic heterocycles. The number of hydrogen-bond acceptors (Lipinski definition) is 2. The molecule has 4 nitrogen and oxygen atoms in total. The van der Waals surface area contributed by atoms with Gasteiger partial charge in [-0.3, -0.25) is 9.89 Å². The number of nitrogens with zero attached hydrogens (tertiary/aromatic N) is 2. The molecule has 144 valence electrons. The van der Waals surface area contributed by atoms with E-state index >= 15 is 0 Å². The van der Waals surface area contributed by atoms with Gasteiger partial charge in [-0.2, -0.15) is 0 Å². The number of guanidine groups is 1. The summed E-state index contributed by atoms with van der Waals surface area (Å²) in [6, 6.07) is 15.4. The van der Waals surface area contributed by atoms with E-state index in [2.05, 4.69) is 34.4 Å². The van der Waals surface area contributed by atoms with Gasteiger partial charge in [-0.1, -0.05) is 48.0 Å². The van der Waals surface area contributed by atoms with Crippen molar-refractivity contribution >= 4 is 17.6 Å². The first-order valence-corrected chi connectivity index (χ1v) is 9.65. The first kappa shape index (κ1) is 19.6. The molecule has 0 aromatic heterocycles. The number of likely N-dealkylation sites (tertiary alicyclic amines) is 1. The Hall–Kier alpha value is -2.11. The summed E-state index contributed by atoms with van der Waals surface area (Å²) in [5.74, 6) is 0.380. The third-order valence-corrected chi connectivity index (χ3v) is 5.42. The molecule has 3 rings (SSSR count). The smallest absolute Gasteiger partial charge is 0.188 e. The first-order chi connectivity index (χ1) is 13.0. The highest BCUT2D eigenvalue weighted by Crippen LogP contribution is 2.37. The lowest BCUT2D eigenvalue weighted by atomic mass is 9.94. The largest absolute Gasteiger partial charge is 0.370 e. The molecule has 0 bridgehead atoms. The zero-order valence-electron chi connectivity index (χ0n) is 15.5. The molecule has 3 N–H and O–H groups in total. The highest BCUT2D eigenvalue weighted by atomic mass is 35.5. The minimum Gasteiger partial charge on any atom is -0.370 e. The number of benzene rings is 2. The van der Waals surface area contributed by atoms with Gasteiger partial charge in [0, 0.05) is 19.1 Å². The van der Waals surface area contributed by atoms with E-state index in [0.717, 1.165) is 31.5 Å². The van der Waals surface area contributed by atoms with Crippen molar-refractivity contribution in [1.82, 2.24) is 10.2 Å². The van der Waals surface area contributed by atoms with Crippen LogP contribution in [0.1, 0.15) is 23.6 Å². The highest BCUT2D eigenvalue weighted by Gasteiger charge is 2.33. The lowest BCUT2D eigenvalue weighted by Crippen LogP contribution is -2.34. The van der Waals surface area contributed by atoms with Crippen LogP contribution < -0.4 is 11.1 Å². The van der Waals surface area contributed by atoms with Crippen LogP contribution in [-0.2, 0) is 6.42 Å². The maximum Gasteiger partial charge on any atom is 0.188 e. The minimum absolute atomic E-state index is 0.123. The van der Waals surface area contributed by atoms with Crippen LogP contribution in [0, 0.1) is 11.7 Å². The van der Waals surface area contributed by atoms with Crippen LogP contribution in [-0.4, -0.2) is 37.5 Å². The Morgan fingerprint density at radius 3 is 2.81 bits per heavy atom. The Kier molecular flexibility index (Phi) is 6.69. The van der Waals surface area contributed by atoms with Crippen molar-refractivity contribution in [2.45, 2.75) is 18.9 Å². The molecule has 27 heavy (non-hydrogen) atoms. The first-order valence-electron chi connectivity index (χ1n) is 9.27. The van der Waals surface area contributed by atoms with E-state index in [1.54, 1.807) is 6.07 Å². The number of aliphatic imine (C=N–C) groups is 1. The van der Waals surface area contributed by atoms with Crippen molar-refractivity contribution in [3.05, 3.63) is 70.5 Å². The van der Waals surface area contributed by atoms with Crippen LogP contribution in [0.2, 0.25) is 5.02 Å². The Bertz CT molecular complexity index is 781. The summed E-state index contributed by atoms with van der Waals surface area (Å²) >= 11 is 5.82. The lowest BCUT2D eigenvalue weighted by molar-refractivity contribution is 0.279. The summed E-state index contributed by atoms with van der Waals surface area (Å²) in [6.45, 7) is 2.32. The molecular formula is C21H26ClFN4. The van der Waals surface area contributed by atoms with E-state index in [-0.39, 0.29) is 16.9 Å². The average molecular weight is 389 g/mol. The van der Waals surface area contributed by atoms with Gasteiger partial charge >= 0.3 is 0 Å². The van der Waals surface area contributed by atoms with Crippen molar-refractivity contribution in [2.24, 2.45) is 16.6 Å². The molecule has 2 atom stereocenters. The van der Waals surface area contributed by atoms with Crippen LogP contribution in [0.4, 0.5) is 4.39 Å². The topological polar surface area (TPSA) is 53.6 Å². The van der Waals surface area contributed by atoms with Crippen molar-refractivity contribution in [2.75, 3.05) is 26.7 Å². The van der Waals surface area contributed by atoms with Gasteiger partial charge in [-0.15, -0.1) is 0 Å². The van der Waals surface area contributed by atoms with Crippen LogP contribution in [0.3, 0.4) is 0 Å². The SMILES string of the molecule is CN1CCC(CN=C(N)NCCc2ccccc2)C1c1ccc(Cl)c(F)c1. The molecule has 6 heteroatoms. The second-order valence-electron chi connectivity index (χ2n) is 7.04. The summed E-state index contributed by atoms with van der Waals surface area (Å²) in [4.78, 5) is 6.76. The van der Waals surface area contributed by atoms with Crippen LogP contribution >= 0.6 is 11.6 Å². The van der Waals surface area contributed by atoms with Crippen molar-refractivity contribution in [3.63, 3.8) is 0 Å². The molecule has 0 aliphatic carbocycles. The van der Waals surface area contributed by atoms with E-state index in [9.17, 15) is 4.39 Å². The van der Waals surface area contributed by atoms with Gasteiger partial charge in [0.25, 0.3) is 0 Å². The third kappa shape index (κ3) is 5.21. The number of halogens is 2. The van der Waals surface area contributed by atoms with Crippen molar-refractivity contribution < 1.29 is 4.39 Å². The molecule has 0 radical (unpaired) electrons. The molecule has 1 fully saturated rings. The van der Waals surface area contributed by atoms with Crippen molar-refractivity contribution in [1.29, 1.82) is 0 Å². The fourth-order valence-electron chi connectivity index (χ4n) is 3.69. The monoisotopic (exact) mass is 388 g/mol. The summed E-state index contributed by atoms with van der Waals surface area (Å²) in [6.07, 6.45) is 1.90. The van der Waals surface area contributed by atoms with Gasteiger partial charge in [0.1, 0.15) is 5.82 Å². The summed E-state index contributed by atoms with van der Waals surface area (Å²) < 4.78 is 13.9. The van der Waals surface area contributed by atoms with E-state index in [1.165, 1.54) is 11.6 Å². The standard InChI is InChI=1S/C21H26ClFN4/c1-27-12-10-17(20(27)16-7-8-18(22)19(23)13-16)14-26-21(24)25-11-9-15-5-3-2-4-6-15/h2-8,13,17,20H,9-12,14H2,1H3,(H3,24,25,26). The highest BCUT2D eigenvalue weighted by molar-refractivity contribution is 6.30. The predicted octanol–water partition coefficient (Wildman–Crippen LogP) is 3.62. The van der Waals surface area contributed by atoms with Crippen LogP contribution in [0.25, 0.3) is 0 Å². The van der Waals surface area contributed by atoms with Gasteiger partial charge in [-0.25, -0.2) is 4.39 Å². The van der Waals surface area contributed by atoms with Gasteiger partial charge in [-0.05, 0) is 55.6 Å². The Morgan fingerprint density at radius 2 is 2.07 bits per heavy atom. The predicted molar refractivity (Wildman–Crippen MR) is 110 cm³/mol. The zero-order valence-corrected chi connectivity index (χ0v) is 16.3. The fourth-order valence-corrected chi connectivity index (χ4v) is 3.81. The molecule has 0 amide bonds. The minimum atomic E-state index is -0.376. The number of nitrogens with one attached hydrogen (secondary N) is 1. The Balaban J connectivity index is 1.56. The van der Waals surface area contributed by atoms with E-state index < -0.39 is 0 Å². The maximum atomic E-state index is 13.9. The van der Waals surface area contributed by atoms with Gasteiger partial charge in [0.15, 0.2) is 5.96 Å². The molecular weight excluding hydrogens is 363 g/mol. The molecule has 1 saturated heterocycles. The van der Waals surface area contributed by atoms with E-state index in [4.69, 9.17) is 17.3 Å². The molecule has 0 saturated carbocycles. The second-order valence-corrected chi connectivity index (χ2v) is 7.44. The average Bonchev–Trinajstić information content (AvgIpc) is 3.04. The van der Waals surface area contributed by atoms with Gasteiger partial charge in [0.05, 0.1) is 5.02 Å². The number of hydrogen-bond donors (Lipinski definition) is 2. The Morgan fingerprint density at radius 1 is 1.30 bits per heavy atom. The summed E-state index contributed by atoms with van der Waals surface area (Å²) in [5, 5.41) is 3.33. The summed E-state index contributed by atoms with van der Waals surface area (Å²) in [7, 11) is 2.06. The second kappa shape index (κ2) is 9.20. The molecule has 2 aromatic carbocycles.